The van der Waals surface area contributed by atoms with Crippen LogP contribution < -0.4 is 5.32 Å². The van der Waals surface area contributed by atoms with Crippen molar-refractivity contribution in [2.45, 2.75) is 57.3 Å². The number of carbonyl (C=O) groups is 2. The van der Waals surface area contributed by atoms with Gasteiger partial charge in [0, 0.05) is 5.92 Å². The van der Waals surface area contributed by atoms with Crippen molar-refractivity contribution in [3.05, 3.63) is 21.8 Å². The van der Waals surface area contributed by atoms with E-state index >= 15 is 0 Å². The molecule has 0 radical (unpaired) electrons. The van der Waals surface area contributed by atoms with E-state index in [0.717, 1.165) is 4.90 Å². The van der Waals surface area contributed by atoms with Crippen LogP contribution in [-0.4, -0.2) is 35.0 Å². The smallest absolute Gasteiger partial charge is 0.327 e. The lowest BCUT2D eigenvalue weighted by molar-refractivity contribution is -0.307. The first-order valence-corrected chi connectivity index (χ1v) is 8.71. The summed E-state index contributed by atoms with van der Waals surface area (Å²) in [7, 11) is 0. The Bertz CT molecular complexity index is 660. The molecule has 146 valence electrons. The molecule has 1 saturated carbocycles. The van der Waals surface area contributed by atoms with Crippen molar-refractivity contribution in [2.75, 3.05) is 0 Å². The van der Waals surface area contributed by atoms with Crippen LogP contribution in [0.4, 0.5) is 22.0 Å². The van der Waals surface area contributed by atoms with Crippen molar-refractivity contribution >= 4 is 28.2 Å². The highest BCUT2D eigenvalue weighted by Gasteiger charge is 2.64. The third kappa shape index (κ3) is 3.52. The molecule has 1 heterocycles. The number of allylic oxidation sites excluding steroid dienone is 3. The molecule has 1 N–H and O–H groups in total. The molecule has 2 aliphatic rings. The van der Waals surface area contributed by atoms with Crippen LogP contribution in [0.5, 0.6) is 0 Å². The second-order valence-corrected chi connectivity index (χ2v) is 7.87. The lowest BCUT2D eigenvalue weighted by Gasteiger charge is -2.43. The van der Waals surface area contributed by atoms with E-state index in [-0.39, 0.29) is 18.5 Å². The zero-order valence-electron chi connectivity index (χ0n) is 14.1. The van der Waals surface area contributed by atoms with Gasteiger partial charge in [0.15, 0.2) is 0 Å². The molecule has 0 aromatic heterocycles. The third-order valence-corrected chi connectivity index (χ3v) is 5.09. The molecule has 0 aromatic carbocycles. The number of nitrogens with one attached hydrogen (secondary N) is 1. The molecule has 0 atom stereocenters. The van der Waals surface area contributed by atoms with Crippen molar-refractivity contribution in [1.82, 2.24) is 10.2 Å². The molecule has 1 aliphatic heterocycles. The van der Waals surface area contributed by atoms with Gasteiger partial charge in [0.2, 0.25) is 6.41 Å². The van der Waals surface area contributed by atoms with Crippen LogP contribution in [0.3, 0.4) is 0 Å². The van der Waals surface area contributed by atoms with Gasteiger partial charge < -0.3 is 5.32 Å². The van der Waals surface area contributed by atoms with Crippen LogP contribution in [0, 0.1) is 5.92 Å². The Balaban J connectivity index is 2.29. The van der Waals surface area contributed by atoms with E-state index in [1.165, 1.54) is 0 Å². The summed E-state index contributed by atoms with van der Waals surface area (Å²) in [6.07, 6.45) is -4.87. The molecule has 0 aromatic rings. The van der Waals surface area contributed by atoms with E-state index in [0.29, 0.717) is 16.5 Å². The largest absolute Gasteiger partial charge is 0.453 e. The summed E-state index contributed by atoms with van der Waals surface area (Å²) in [5.41, 5.74) is -0.717. The Hall–Kier alpha value is -1.45. The lowest BCUT2D eigenvalue weighted by atomic mass is 9.78. The summed E-state index contributed by atoms with van der Waals surface area (Å²) >= 11 is 3.22. The van der Waals surface area contributed by atoms with Crippen molar-refractivity contribution in [2.24, 2.45) is 5.92 Å². The molecule has 26 heavy (non-hydrogen) atoms. The average Bonchev–Trinajstić information content (AvgIpc) is 2.77. The lowest BCUT2D eigenvalue weighted by Crippen LogP contribution is -2.56. The number of nitrogens with zero attached hydrogens (tertiary/aromatic N) is 1. The Morgan fingerprint density at radius 2 is 1.77 bits per heavy atom. The first-order valence-electron chi connectivity index (χ1n) is 7.92. The summed E-state index contributed by atoms with van der Waals surface area (Å²) < 4.78 is 65.6. The summed E-state index contributed by atoms with van der Waals surface area (Å²) in [5, 5.41) is 2.61. The fourth-order valence-corrected chi connectivity index (χ4v) is 3.94. The van der Waals surface area contributed by atoms with Crippen LogP contribution >= 0.6 is 15.9 Å². The second kappa shape index (κ2) is 6.94. The van der Waals surface area contributed by atoms with Crippen LogP contribution in [0.25, 0.3) is 0 Å². The Morgan fingerprint density at radius 3 is 2.19 bits per heavy atom. The molecule has 2 amide bonds. The minimum atomic E-state index is -5.62. The fraction of sp³-hybridized carbons (Fsp3) is 0.625. The molecule has 4 nitrogen and oxygen atoms in total. The van der Waals surface area contributed by atoms with Crippen LogP contribution in [-0.2, 0) is 9.59 Å². The van der Waals surface area contributed by atoms with Crippen molar-refractivity contribution in [3.8, 4) is 0 Å². The van der Waals surface area contributed by atoms with Crippen molar-refractivity contribution < 1.29 is 31.5 Å². The van der Waals surface area contributed by atoms with Crippen molar-refractivity contribution in [1.29, 1.82) is 0 Å². The quantitative estimate of drug-likeness (QED) is 0.402. The van der Waals surface area contributed by atoms with Gasteiger partial charge in [-0.1, -0.05) is 15.9 Å². The number of hydrogen-bond acceptors (Lipinski definition) is 2. The molecular weight excluding hydrogens is 427 g/mol. The predicted molar refractivity (Wildman–Crippen MR) is 87.1 cm³/mol. The maximum atomic E-state index is 13.6. The van der Waals surface area contributed by atoms with Gasteiger partial charge in [0.1, 0.15) is 11.4 Å². The third-order valence-electron chi connectivity index (χ3n) is 4.86. The first-order chi connectivity index (χ1) is 11.9. The summed E-state index contributed by atoms with van der Waals surface area (Å²) in [6, 6.07) is 0. The first kappa shape index (κ1) is 20.9. The van der Waals surface area contributed by atoms with E-state index in [9.17, 15) is 31.5 Å². The topological polar surface area (TPSA) is 49.4 Å². The highest BCUT2D eigenvalue weighted by Crippen LogP contribution is 2.50. The Morgan fingerprint density at radius 1 is 1.23 bits per heavy atom. The molecule has 2 fully saturated rings. The monoisotopic (exact) mass is 444 g/mol. The normalized spacial score (nSPS) is 29.8. The number of amides is 2. The summed E-state index contributed by atoms with van der Waals surface area (Å²) in [5.74, 6) is -7.23. The van der Waals surface area contributed by atoms with E-state index in [1.807, 2.05) is 0 Å². The van der Waals surface area contributed by atoms with E-state index < -0.39 is 42.4 Å². The highest BCUT2D eigenvalue weighted by atomic mass is 79.9. The highest BCUT2D eigenvalue weighted by molar-refractivity contribution is 9.11. The molecular formula is C16H18BrF5N2O2. The molecule has 10 heteroatoms. The van der Waals surface area contributed by atoms with Gasteiger partial charge in [-0.2, -0.15) is 22.0 Å². The van der Waals surface area contributed by atoms with Gasteiger partial charge in [-0.15, -0.1) is 0 Å². The van der Waals surface area contributed by atoms with E-state index in [4.69, 9.17) is 0 Å². The van der Waals surface area contributed by atoms with Gasteiger partial charge >= 0.3 is 12.1 Å². The molecule has 0 unspecified atom stereocenters. The maximum Gasteiger partial charge on any atom is 0.453 e. The minimum absolute atomic E-state index is 0.0693. The van der Waals surface area contributed by atoms with Gasteiger partial charge in [0.25, 0.3) is 5.91 Å². The zero-order chi connectivity index (χ0) is 19.9. The number of carbonyl (C=O) groups excluding carboxylic acids is 2. The van der Waals surface area contributed by atoms with Crippen LogP contribution in [0.15, 0.2) is 21.8 Å². The van der Waals surface area contributed by atoms with E-state index in [1.54, 1.807) is 19.9 Å². The standard InChI is InChI=1S/C16H18BrF5N2O2/c1-9(7-10(2)17)12-13(26)23-14(24(12)8-25)5-3-11(4-6-14)15(18,19)16(20,21)22/h7-8,11H,3-6H2,1-2H3,(H,23,26)/b10-7+,12-9-. The van der Waals surface area contributed by atoms with Crippen molar-refractivity contribution in [3.63, 3.8) is 0 Å². The Kier molecular flexibility index (Phi) is 5.56. The van der Waals surface area contributed by atoms with Gasteiger partial charge in [0.05, 0.1) is 0 Å². The number of alkyl halides is 5. The maximum absolute atomic E-state index is 13.6. The van der Waals surface area contributed by atoms with Gasteiger partial charge in [-0.25, -0.2) is 0 Å². The summed E-state index contributed by atoms with van der Waals surface area (Å²) in [6.45, 7) is 3.33. The summed E-state index contributed by atoms with van der Waals surface area (Å²) in [4.78, 5) is 25.1. The molecule has 0 bridgehead atoms. The minimum Gasteiger partial charge on any atom is -0.327 e. The molecule has 1 saturated heterocycles. The van der Waals surface area contributed by atoms with Gasteiger partial charge in [-0.3, -0.25) is 14.5 Å². The van der Waals surface area contributed by atoms with Gasteiger partial charge in [-0.05, 0) is 55.7 Å². The number of halogens is 6. The second-order valence-electron chi connectivity index (χ2n) is 6.62. The average molecular weight is 445 g/mol. The molecule has 1 spiro atoms. The molecule has 1 aliphatic carbocycles. The molecule has 2 rings (SSSR count). The fourth-order valence-electron chi connectivity index (χ4n) is 3.60. The SMILES string of the molecule is CC(/C=C(\C)Br)=C1\C(=O)NC2(CCC(C(F)(F)C(F)(F)F)CC2)N1C=O. The van der Waals surface area contributed by atoms with Crippen LogP contribution in [0.1, 0.15) is 39.5 Å². The predicted octanol–water partition coefficient (Wildman–Crippen LogP) is 4.23. The number of hydrogen-bond donors (Lipinski definition) is 1. The van der Waals surface area contributed by atoms with Crippen LogP contribution in [0.2, 0.25) is 0 Å². The zero-order valence-corrected chi connectivity index (χ0v) is 15.7. The Labute approximate surface area is 155 Å². The van der Waals surface area contributed by atoms with E-state index in [2.05, 4.69) is 21.2 Å². The number of rotatable bonds is 3.